The van der Waals surface area contributed by atoms with Crippen LogP contribution in [0.2, 0.25) is 5.02 Å². The first-order valence-corrected chi connectivity index (χ1v) is 10.3. The maximum Gasteiger partial charge on any atom is 0.496 e. The van der Waals surface area contributed by atoms with Crippen LogP contribution in [0.3, 0.4) is 0 Å². The van der Waals surface area contributed by atoms with Crippen LogP contribution in [-0.2, 0) is 14.0 Å². The highest BCUT2D eigenvalue weighted by molar-refractivity contribution is 6.65. The van der Waals surface area contributed by atoms with Crippen LogP contribution in [0.5, 0.6) is 5.75 Å². The molecule has 0 N–H and O–H groups in total. The molecule has 0 atom stereocenters. The largest absolute Gasteiger partial charge is 0.496 e. The molecule has 3 aliphatic rings. The first-order chi connectivity index (χ1) is 12.7. The number of hydrogen-bond donors (Lipinski definition) is 0. The topological polar surface area (TPSA) is 40.2 Å². The van der Waals surface area contributed by atoms with Gasteiger partial charge in [0.05, 0.1) is 24.4 Å². The lowest BCUT2D eigenvalue weighted by molar-refractivity contribution is -0.0373. The van der Waals surface area contributed by atoms with Crippen LogP contribution in [0.25, 0.3) is 0 Å². The smallest absolute Gasteiger partial charge is 0.490 e. The van der Waals surface area contributed by atoms with E-state index in [1.807, 2.05) is 45.9 Å². The van der Waals surface area contributed by atoms with Crippen molar-refractivity contribution in [1.82, 2.24) is 4.90 Å². The summed E-state index contributed by atoms with van der Waals surface area (Å²) in [5.74, 6) is 0.811. The highest BCUT2D eigenvalue weighted by atomic mass is 35.5. The maximum absolute atomic E-state index is 6.53. The van der Waals surface area contributed by atoms with Crippen molar-refractivity contribution < 1.29 is 18.8 Å². The van der Waals surface area contributed by atoms with Crippen LogP contribution in [-0.4, -0.2) is 61.7 Å². The summed E-state index contributed by atoms with van der Waals surface area (Å²) in [5, 5.41) is 0.620. The zero-order chi connectivity index (χ0) is 19.2. The van der Waals surface area contributed by atoms with E-state index < -0.39 is 7.12 Å². The number of nitrogens with zero attached hydrogens (tertiary/aromatic N) is 1. The lowest BCUT2D eigenvalue weighted by Gasteiger charge is -2.44. The fraction of sp³-hybridized carbons (Fsp3) is 0.700. The fourth-order valence-corrected chi connectivity index (χ4v) is 4.07. The molecule has 0 amide bonds. The Bertz CT molecular complexity index is 671. The average Bonchev–Trinajstić information content (AvgIpc) is 2.79. The van der Waals surface area contributed by atoms with E-state index in [0.29, 0.717) is 11.1 Å². The molecule has 2 aliphatic heterocycles. The molecular formula is C20H29BClNO4. The number of hydrogen-bond acceptors (Lipinski definition) is 5. The number of halogens is 1. The van der Waals surface area contributed by atoms with Crippen molar-refractivity contribution in [1.29, 1.82) is 0 Å². The minimum Gasteiger partial charge on any atom is -0.490 e. The Balaban J connectivity index is 1.34. The summed E-state index contributed by atoms with van der Waals surface area (Å²) in [5.41, 5.74) is 0.0928. The van der Waals surface area contributed by atoms with Crippen LogP contribution < -0.4 is 10.2 Å². The summed E-state index contributed by atoms with van der Waals surface area (Å²) in [4.78, 5) is 2.51. The molecule has 4 rings (SSSR count). The molecule has 0 unspecified atom stereocenters. The second kappa shape index (κ2) is 7.23. The predicted octanol–water partition coefficient (Wildman–Crippen LogP) is 2.88. The van der Waals surface area contributed by atoms with E-state index in [-0.39, 0.29) is 17.3 Å². The van der Waals surface area contributed by atoms with Crippen molar-refractivity contribution in [3.05, 3.63) is 23.2 Å². The molecule has 2 heterocycles. The van der Waals surface area contributed by atoms with Gasteiger partial charge in [-0.15, -0.1) is 0 Å². The number of ether oxygens (including phenoxy) is 2. The number of benzene rings is 1. The molecule has 0 radical (unpaired) electrons. The summed E-state index contributed by atoms with van der Waals surface area (Å²) in [6, 6.07) is 6.43. The molecule has 1 saturated carbocycles. The maximum atomic E-state index is 6.53. The minimum atomic E-state index is -0.453. The summed E-state index contributed by atoms with van der Waals surface area (Å²) in [6.45, 7) is 11.9. The average molecular weight is 394 g/mol. The van der Waals surface area contributed by atoms with Gasteiger partial charge in [0.15, 0.2) is 0 Å². The predicted molar refractivity (Wildman–Crippen MR) is 107 cm³/mol. The highest BCUT2D eigenvalue weighted by Gasteiger charge is 2.52. The molecule has 0 aromatic heterocycles. The van der Waals surface area contributed by atoms with E-state index in [2.05, 4.69) is 4.90 Å². The fourth-order valence-electron chi connectivity index (χ4n) is 3.81. The van der Waals surface area contributed by atoms with Crippen molar-refractivity contribution in [3.8, 4) is 5.75 Å². The third-order valence-electron chi connectivity index (χ3n) is 6.41. The van der Waals surface area contributed by atoms with Gasteiger partial charge in [-0.3, -0.25) is 4.90 Å². The molecule has 0 bridgehead atoms. The van der Waals surface area contributed by atoms with Crippen molar-refractivity contribution in [2.45, 2.75) is 63.9 Å². The minimum absolute atomic E-state index is 0.261. The molecule has 1 aliphatic carbocycles. The van der Waals surface area contributed by atoms with Gasteiger partial charge < -0.3 is 18.8 Å². The van der Waals surface area contributed by atoms with Crippen LogP contribution in [0.1, 0.15) is 40.5 Å². The summed E-state index contributed by atoms with van der Waals surface area (Å²) >= 11 is 6.53. The van der Waals surface area contributed by atoms with Gasteiger partial charge in [-0.1, -0.05) is 17.7 Å². The Morgan fingerprint density at radius 2 is 1.70 bits per heavy atom. The normalized spacial score (nSPS) is 30.2. The molecule has 0 spiro atoms. The molecule has 1 aromatic carbocycles. The monoisotopic (exact) mass is 393 g/mol. The van der Waals surface area contributed by atoms with Crippen molar-refractivity contribution in [2.75, 3.05) is 26.3 Å². The first kappa shape index (κ1) is 19.5. The molecule has 2 saturated heterocycles. The van der Waals surface area contributed by atoms with Gasteiger partial charge in [-0.05, 0) is 39.8 Å². The first-order valence-electron chi connectivity index (χ1n) is 9.89. The van der Waals surface area contributed by atoms with Gasteiger partial charge in [0.2, 0.25) is 0 Å². The van der Waals surface area contributed by atoms with Gasteiger partial charge in [-0.2, -0.15) is 0 Å². The third-order valence-corrected chi connectivity index (χ3v) is 6.74. The standard InChI is InChI=1S/C20H29BClNO4/c1-19(2)20(3,4)27-21(26-19)17-6-5-15(13-18(17)22)25-16-11-14(12-16)23-7-9-24-10-8-23/h5-6,13-14,16H,7-12H2,1-4H3/t14-,16-. The SMILES string of the molecule is CC1(C)OB(c2ccc(O[C@H]3C[C@H](N4CCOCC4)C3)cc2Cl)OC1(C)C. The second-order valence-electron chi connectivity index (χ2n) is 8.78. The quantitative estimate of drug-likeness (QED) is 0.736. The molecule has 7 heteroatoms. The zero-order valence-electron chi connectivity index (χ0n) is 16.7. The highest BCUT2D eigenvalue weighted by Crippen LogP contribution is 2.37. The van der Waals surface area contributed by atoms with E-state index >= 15 is 0 Å². The molecule has 27 heavy (non-hydrogen) atoms. The van der Waals surface area contributed by atoms with Gasteiger partial charge in [0.25, 0.3) is 0 Å². The van der Waals surface area contributed by atoms with Crippen molar-refractivity contribution in [2.24, 2.45) is 0 Å². The second-order valence-corrected chi connectivity index (χ2v) is 9.19. The Kier molecular flexibility index (Phi) is 5.23. The van der Waals surface area contributed by atoms with E-state index in [9.17, 15) is 0 Å². The molecule has 5 nitrogen and oxygen atoms in total. The summed E-state index contributed by atoms with van der Waals surface area (Å²) in [7, 11) is -0.453. The Morgan fingerprint density at radius 1 is 1.07 bits per heavy atom. The van der Waals surface area contributed by atoms with Crippen LogP contribution in [0.4, 0.5) is 0 Å². The van der Waals surface area contributed by atoms with E-state index in [0.717, 1.165) is 50.4 Å². The van der Waals surface area contributed by atoms with Gasteiger partial charge in [-0.25, -0.2) is 0 Å². The van der Waals surface area contributed by atoms with Crippen LogP contribution in [0, 0.1) is 0 Å². The number of morpholine rings is 1. The van der Waals surface area contributed by atoms with E-state index in [4.69, 9.17) is 30.4 Å². The van der Waals surface area contributed by atoms with Crippen molar-refractivity contribution in [3.63, 3.8) is 0 Å². The van der Waals surface area contributed by atoms with Gasteiger partial charge in [0.1, 0.15) is 11.9 Å². The molecule has 3 fully saturated rings. The molecular weight excluding hydrogens is 364 g/mol. The lowest BCUT2D eigenvalue weighted by atomic mass is 9.79. The van der Waals surface area contributed by atoms with E-state index in [1.165, 1.54) is 0 Å². The molecule has 1 aromatic rings. The van der Waals surface area contributed by atoms with E-state index in [1.54, 1.807) is 0 Å². The summed E-state index contributed by atoms with van der Waals surface area (Å²) < 4.78 is 23.8. The summed E-state index contributed by atoms with van der Waals surface area (Å²) in [6.07, 6.45) is 2.39. The third kappa shape index (κ3) is 3.88. The van der Waals surface area contributed by atoms with Crippen LogP contribution >= 0.6 is 11.6 Å². The zero-order valence-corrected chi connectivity index (χ0v) is 17.4. The number of rotatable bonds is 4. The molecule has 148 valence electrons. The Hall–Kier alpha value is -0.785. The van der Waals surface area contributed by atoms with Crippen LogP contribution in [0.15, 0.2) is 18.2 Å². The Morgan fingerprint density at radius 3 is 2.30 bits per heavy atom. The van der Waals surface area contributed by atoms with Gasteiger partial charge >= 0.3 is 7.12 Å². The van der Waals surface area contributed by atoms with Gasteiger partial charge in [0, 0.05) is 42.5 Å². The lowest BCUT2D eigenvalue weighted by Crippen LogP contribution is -2.52. The van der Waals surface area contributed by atoms with Crippen molar-refractivity contribution >= 4 is 24.2 Å². The Labute approximate surface area is 167 Å².